The van der Waals surface area contributed by atoms with Gasteiger partial charge < -0.3 is 14.4 Å². The Morgan fingerprint density at radius 3 is 2.82 bits per heavy atom. The normalized spacial score (nSPS) is 17.5. The van der Waals surface area contributed by atoms with Gasteiger partial charge in [0, 0.05) is 25.4 Å². The molecule has 0 unspecified atom stereocenters. The molecule has 0 saturated carbocycles. The molecule has 0 spiro atoms. The van der Waals surface area contributed by atoms with Crippen LogP contribution in [0, 0.1) is 6.92 Å². The van der Waals surface area contributed by atoms with E-state index in [9.17, 15) is 4.79 Å². The molecule has 1 aliphatic heterocycles. The van der Waals surface area contributed by atoms with E-state index in [-0.39, 0.29) is 12.0 Å². The molecule has 1 amide bonds. The summed E-state index contributed by atoms with van der Waals surface area (Å²) in [4.78, 5) is 22.9. The second-order valence-electron chi connectivity index (χ2n) is 4.84. The molecule has 1 aliphatic rings. The van der Waals surface area contributed by atoms with Crippen LogP contribution in [-0.4, -0.2) is 56.7 Å². The first-order valence-corrected chi connectivity index (χ1v) is 7.56. The van der Waals surface area contributed by atoms with Gasteiger partial charge in [0.05, 0.1) is 19.3 Å². The van der Waals surface area contributed by atoms with Gasteiger partial charge >= 0.3 is 0 Å². The number of carbonyl (C=O) groups excluding carboxylic acids is 1. The van der Waals surface area contributed by atoms with E-state index >= 15 is 0 Å². The number of methoxy groups -OCH3 is 1. The minimum Gasteiger partial charge on any atom is -0.477 e. The molecule has 116 valence electrons. The number of amides is 1. The van der Waals surface area contributed by atoms with Crippen LogP contribution < -0.4 is 9.47 Å². The predicted molar refractivity (Wildman–Crippen MR) is 78.2 cm³/mol. The highest BCUT2D eigenvalue weighted by Gasteiger charge is 2.31. The average Bonchev–Trinajstić information content (AvgIpc) is 3.16. The Kier molecular flexibility index (Phi) is 4.14. The largest absolute Gasteiger partial charge is 0.477 e. The standard InChI is InChI=1S/C13H15N5O3S/c1-8-10(22-17-16-8)13(19)18-6-3-9(7-18)21-12-11(20-2)14-4-5-15-12/h4-5,9H,3,6-7H2,1-2H3/t9-/m1/s1. The molecule has 1 atom stereocenters. The SMILES string of the molecule is COc1nccnc1O[C@@H]1CCN(C(=O)c2snnc2C)C1. The zero-order valence-electron chi connectivity index (χ0n) is 12.2. The number of aryl methyl sites for hydroxylation is 1. The number of aromatic nitrogens is 4. The van der Waals surface area contributed by atoms with E-state index in [4.69, 9.17) is 9.47 Å². The van der Waals surface area contributed by atoms with E-state index < -0.39 is 0 Å². The second-order valence-corrected chi connectivity index (χ2v) is 5.59. The topological polar surface area (TPSA) is 90.3 Å². The number of hydrogen-bond acceptors (Lipinski definition) is 8. The fourth-order valence-corrected chi connectivity index (χ4v) is 2.90. The lowest BCUT2D eigenvalue weighted by Gasteiger charge is -2.16. The number of nitrogens with zero attached hydrogens (tertiary/aromatic N) is 5. The monoisotopic (exact) mass is 321 g/mol. The molecule has 3 heterocycles. The molecule has 8 nitrogen and oxygen atoms in total. The summed E-state index contributed by atoms with van der Waals surface area (Å²) >= 11 is 1.12. The molecule has 0 aliphatic carbocycles. The lowest BCUT2D eigenvalue weighted by Crippen LogP contribution is -2.31. The van der Waals surface area contributed by atoms with Crippen molar-refractivity contribution in [2.75, 3.05) is 20.2 Å². The van der Waals surface area contributed by atoms with Gasteiger partial charge in [0.2, 0.25) is 0 Å². The van der Waals surface area contributed by atoms with Gasteiger partial charge in [-0.3, -0.25) is 4.79 Å². The molecule has 1 saturated heterocycles. The number of rotatable bonds is 4. The highest BCUT2D eigenvalue weighted by Crippen LogP contribution is 2.25. The summed E-state index contributed by atoms with van der Waals surface area (Å²) in [5, 5.41) is 3.87. The van der Waals surface area contributed by atoms with E-state index in [1.54, 1.807) is 18.0 Å². The third-order valence-electron chi connectivity index (χ3n) is 3.38. The fourth-order valence-electron chi connectivity index (χ4n) is 2.27. The maximum atomic E-state index is 12.4. The van der Waals surface area contributed by atoms with Gasteiger partial charge in [-0.05, 0) is 18.5 Å². The van der Waals surface area contributed by atoms with E-state index in [0.29, 0.717) is 35.4 Å². The number of hydrogen-bond donors (Lipinski definition) is 0. The van der Waals surface area contributed by atoms with Crippen molar-refractivity contribution in [1.29, 1.82) is 0 Å². The highest BCUT2D eigenvalue weighted by molar-refractivity contribution is 7.07. The smallest absolute Gasteiger partial charge is 0.278 e. The minimum atomic E-state index is -0.129. The van der Waals surface area contributed by atoms with Crippen LogP contribution in [-0.2, 0) is 0 Å². The highest BCUT2D eigenvalue weighted by atomic mass is 32.1. The van der Waals surface area contributed by atoms with Gasteiger partial charge in [-0.25, -0.2) is 9.97 Å². The Balaban J connectivity index is 1.65. The van der Waals surface area contributed by atoms with Crippen LogP contribution in [0.3, 0.4) is 0 Å². The summed E-state index contributed by atoms with van der Waals surface area (Å²) in [6.45, 7) is 2.91. The molecule has 1 fully saturated rings. The zero-order chi connectivity index (χ0) is 15.5. The molecular formula is C13H15N5O3S. The third kappa shape index (κ3) is 2.84. The third-order valence-corrected chi connectivity index (χ3v) is 4.20. The van der Waals surface area contributed by atoms with Gasteiger partial charge in [-0.1, -0.05) is 4.49 Å². The van der Waals surface area contributed by atoms with Crippen LogP contribution in [0.2, 0.25) is 0 Å². The van der Waals surface area contributed by atoms with Crippen molar-refractivity contribution in [3.05, 3.63) is 23.0 Å². The van der Waals surface area contributed by atoms with Crippen molar-refractivity contribution in [2.45, 2.75) is 19.4 Å². The van der Waals surface area contributed by atoms with Crippen LogP contribution in [0.25, 0.3) is 0 Å². The van der Waals surface area contributed by atoms with Crippen LogP contribution in [0.4, 0.5) is 0 Å². The first kappa shape index (κ1) is 14.6. The van der Waals surface area contributed by atoms with E-state index in [1.807, 2.05) is 0 Å². The van der Waals surface area contributed by atoms with Crippen molar-refractivity contribution >= 4 is 17.4 Å². The summed E-state index contributed by atoms with van der Waals surface area (Å²) in [5.41, 5.74) is 0.662. The molecule has 3 rings (SSSR count). The zero-order valence-corrected chi connectivity index (χ0v) is 13.0. The molecule has 0 bridgehead atoms. The average molecular weight is 321 g/mol. The molecule has 0 N–H and O–H groups in total. The van der Waals surface area contributed by atoms with Crippen LogP contribution in [0.15, 0.2) is 12.4 Å². The Labute approximate surface area is 131 Å². The number of carbonyl (C=O) groups is 1. The number of ether oxygens (including phenoxy) is 2. The van der Waals surface area contributed by atoms with Crippen molar-refractivity contribution in [1.82, 2.24) is 24.5 Å². The van der Waals surface area contributed by atoms with E-state index in [2.05, 4.69) is 19.6 Å². The summed E-state index contributed by atoms with van der Waals surface area (Å²) in [7, 11) is 1.51. The lowest BCUT2D eigenvalue weighted by atomic mass is 10.3. The molecule has 2 aromatic heterocycles. The fraction of sp³-hybridized carbons (Fsp3) is 0.462. The summed E-state index contributed by atoms with van der Waals surface area (Å²) < 4.78 is 14.7. The van der Waals surface area contributed by atoms with Gasteiger partial charge in [-0.15, -0.1) is 5.10 Å². The maximum Gasteiger partial charge on any atom is 0.278 e. The molecule has 0 radical (unpaired) electrons. The van der Waals surface area contributed by atoms with Crippen molar-refractivity contribution in [3.63, 3.8) is 0 Å². The van der Waals surface area contributed by atoms with Gasteiger partial charge in [-0.2, -0.15) is 0 Å². The van der Waals surface area contributed by atoms with Gasteiger partial charge in [0.1, 0.15) is 11.0 Å². The predicted octanol–water partition coefficient (Wildman–Crippen LogP) is 0.939. The van der Waals surface area contributed by atoms with Crippen molar-refractivity contribution in [2.24, 2.45) is 0 Å². The van der Waals surface area contributed by atoms with Crippen molar-refractivity contribution in [3.8, 4) is 11.8 Å². The van der Waals surface area contributed by atoms with Gasteiger partial charge in [0.25, 0.3) is 17.7 Å². The minimum absolute atomic E-state index is 0.0512. The Hall–Kier alpha value is -2.29. The summed E-state index contributed by atoms with van der Waals surface area (Å²) in [6.07, 6.45) is 3.69. The first-order chi connectivity index (χ1) is 10.7. The molecule has 22 heavy (non-hydrogen) atoms. The molecule has 0 aromatic carbocycles. The van der Waals surface area contributed by atoms with Crippen molar-refractivity contribution < 1.29 is 14.3 Å². The van der Waals surface area contributed by atoms with E-state index in [0.717, 1.165) is 18.0 Å². The Morgan fingerprint density at radius 1 is 1.36 bits per heavy atom. The molecular weight excluding hydrogens is 306 g/mol. The quantitative estimate of drug-likeness (QED) is 0.827. The summed E-state index contributed by atoms with van der Waals surface area (Å²) in [6, 6.07) is 0. The molecule has 2 aromatic rings. The Morgan fingerprint density at radius 2 is 2.14 bits per heavy atom. The Bertz CT molecular complexity index is 677. The first-order valence-electron chi connectivity index (χ1n) is 6.79. The van der Waals surface area contributed by atoms with Crippen LogP contribution in [0.5, 0.6) is 11.8 Å². The second kappa shape index (κ2) is 6.22. The lowest BCUT2D eigenvalue weighted by molar-refractivity contribution is 0.0774. The maximum absolute atomic E-state index is 12.4. The van der Waals surface area contributed by atoms with Crippen LogP contribution in [0.1, 0.15) is 21.8 Å². The van der Waals surface area contributed by atoms with E-state index in [1.165, 1.54) is 13.3 Å². The number of likely N-dealkylation sites (tertiary alicyclic amines) is 1. The summed E-state index contributed by atoms with van der Waals surface area (Å²) in [5.74, 6) is 0.638. The van der Waals surface area contributed by atoms with Crippen LogP contribution >= 0.6 is 11.5 Å². The van der Waals surface area contributed by atoms with Gasteiger partial charge in [0.15, 0.2) is 0 Å². The molecule has 9 heteroatoms.